The van der Waals surface area contributed by atoms with Crippen LogP contribution >= 0.6 is 0 Å². The summed E-state index contributed by atoms with van der Waals surface area (Å²) in [6, 6.07) is 6.85. The third-order valence-corrected chi connectivity index (χ3v) is 3.06. The summed E-state index contributed by atoms with van der Waals surface area (Å²) < 4.78 is 6.82. The van der Waals surface area contributed by atoms with Crippen LogP contribution in [0, 0.1) is 0 Å². The molecule has 2 aromatic rings. The molecule has 0 saturated heterocycles. The Morgan fingerprint density at radius 1 is 1.47 bits per heavy atom. The van der Waals surface area contributed by atoms with Gasteiger partial charge >= 0.3 is 5.97 Å². The van der Waals surface area contributed by atoms with Gasteiger partial charge in [0, 0.05) is 13.5 Å². The number of methoxy groups -OCH3 is 1. The molecule has 0 saturated carbocycles. The standard InChI is InChI=1S/C14H18N2O3/c1-3-6-13-15-10-7-4-5-8-11(10)16(13)12(9-19-2)14(17)18/h4-5,7-8,12H,3,6,9H2,1-2H3,(H,17,18). The summed E-state index contributed by atoms with van der Waals surface area (Å²) in [6.45, 7) is 2.18. The van der Waals surface area contributed by atoms with Gasteiger partial charge in [0.2, 0.25) is 0 Å². The second-order valence-electron chi connectivity index (χ2n) is 4.45. The summed E-state index contributed by atoms with van der Waals surface area (Å²) in [5, 5.41) is 9.40. The molecule has 1 aromatic carbocycles. The Bertz CT molecular complexity index is 577. The zero-order chi connectivity index (χ0) is 13.8. The van der Waals surface area contributed by atoms with Gasteiger partial charge in [-0.1, -0.05) is 19.1 Å². The Hall–Kier alpha value is -1.88. The van der Waals surface area contributed by atoms with E-state index in [2.05, 4.69) is 11.9 Å². The average molecular weight is 262 g/mol. The molecule has 0 fully saturated rings. The lowest BCUT2D eigenvalue weighted by atomic mass is 10.2. The fraction of sp³-hybridized carbons (Fsp3) is 0.429. The van der Waals surface area contributed by atoms with E-state index in [1.54, 1.807) is 4.57 Å². The summed E-state index contributed by atoms with van der Waals surface area (Å²) in [4.78, 5) is 16.0. The van der Waals surface area contributed by atoms with Crippen molar-refractivity contribution in [2.45, 2.75) is 25.8 Å². The van der Waals surface area contributed by atoms with Gasteiger partial charge in [-0.15, -0.1) is 0 Å². The van der Waals surface area contributed by atoms with Crippen molar-refractivity contribution < 1.29 is 14.6 Å². The van der Waals surface area contributed by atoms with Gasteiger partial charge in [0.15, 0.2) is 6.04 Å². The normalized spacial score (nSPS) is 12.7. The van der Waals surface area contributed by atoms with Crippen LogP contribution in [0.4, 0.5) is 0 Å². The van der Waals surface area contributed by atoms with E-state index in [4.69, 9.17) is 4.74 Å². The summed E-state index contributed by atoms with van der Waals surface area (Å²) in [5.41, 5.74) is 1.67. The summed E-state index contributed by atoms with van der Waals surface area (Å²) in [7, 11) is 1.51. The molecule has 0 aliphatic carbocycles. The van der Waals surface area contributed by atoms with Crippen LogP contribution in [0.25, 0.3) is 11.0 Å². The molecule has 1 heterocycles. The van der Waals surface area contributed by atoms with Gasteiger partial charge < -0.3 is 14.4 Å². The molecule has 0 radical (unpaired) electrons. The number of rotatable bonds is 6. The van der Waals surface area contributed by atoms with E-state index in [9.17, 15) is 9.90 Å². The monoisotopic (exact) mass is 262 g/mol. The third kappa shape index (κ3) is 2.61. The molecule has 0 aliphatic heterocycles. The van der Waals surface area contributed by atoms with E-state index in [-0.39, 0.29) is 6.61 Å². The predicted octanol–water partition coefficient (Wildman–Crippen LogP) is 2.26. The summed E-state index contributed by atoms with van der Waals surface area (Å²) in [5.74, 6) is -0.101. The van der Waals surface area contributed by atoms with Crippen LogP contribution in [0.3, 0.4) is 0 Å². The largest absolute Gasteiger partial charge is 0.480 e. The zero-order valence-electron chi connectivity index (χ0n) is 11.2. The number of carboxylic acids is 1. The molecular weight excluding hydrogens is 244 g/mol. The quantitative estimate of drug-likeness (QED) is 0.867. The summed E-state index contributed by atoms with van der Waals surface area (Å²) in [6.07, 6.45) is 1.67. The topological polar surface area (TPSA) is 64.4 Å². The van der Waals surface area contributed by atoms with Crippen molar-refractivity contribution in [3.05, 3.63) is 30.1 Å². The van der Waals surface area contributed by atoms with E-state index < -0.39 is 12.0 Å². The van der Waals surface area contributed by atoms with E-state index in [1.165, 1.54) is 7.11 Å². The maximum absolute atomic E-state index is 11.5. The van der Waals surface area contributed by atoms with E-state index in [0.29, 0.717) is 0 Å². The van der Waals surface area contributed by atoms with Gasteiger partial charge in [0.1, 0.15) is 5.82 Å². The number of carbonyl (C=O) groups is 1. The van der Waals surface area contributed by atoms with Gasteiger partial charge in [-0.3, -0.25) is 0 Å². The van der Waals surface area contributed by atoms with Crippen molar-refractivity contribution in [3.8, 4) is 0 Å². The molecule has 0 bridgehead atoms. The van der Waals surface area contributed by atoms with Crippen molar-refractivity contribution in [1.29, 1.82) is 0 Å². The average Bonchev–Trinajstić information content (AvgIpc) is 2.74. The molecule has 0 amide bonds. The smallest absolute Gasteiger partial charge is 0.329 e. The number of hydrogen-bond acceptors (Lipinski definition) is 3. The highest BCUT2D eigenvalue weighted by atomic mass is 16.5. The van der Waals surface area contributed by atoms with E-state index in [1.807, 2.05) is 24.3 Å². The van der Waals surface area contributed by atoms with Crippen molar-refractivity contribution >= 4 is 17.0 Å². The van der Waals surface area contributed by atoms with Gasteiger partial charge in [0.05, 0.1) is 17.6 Å². The van der Waals surface area contributed by atoms with Crippen LogP contribution in [-0.2, 0) is 16.0 Å². The molecule has 2 rings (SSSR count). The minimum Gasteiger partial charge on any atom is -0.480 e. The van der Waals surface area contributed by atoms with Crippen molar-refractivity contribution in [2.24, 2.45) is 0 Å². The van der Waals surface area contributed by atoms with Gasteiger partial charge in [-0.2, -0.15) is 0 Å². The van der Waals surface area contributed by atoms with Crippen molar-refractivity contribution in [3.63, 3.8) is 0 Å². The van der Waals surface area contributed by atoms with Gasteiger partial charge in [-0.05, 0) is 18.6 Å². The first-order valence-corrected chi connectivity index (χ1v) is 6.36. The van der Waals surface area contributed by atoms with E-state index >= 15 is 0 Å². The van der Waals surface area contributed by atoms with Crippen LogP contribution in [0.15, 0.2) is 24.3 Å². The molecule has 1 unspecified atom stereocenters. The molecule has 0 aliphatic rings. The number of imidazole rings is 1. The lowest BCUT2D eigenvalue weighted by Crippen LogP contribution is -2.25. The Labute approximate surface area is 111 Å². The first kappa shape index (κ1) is 13.5. The number of carboxylic acid groups (broad SMARTS) is 1. The number of aromatic nitrogens is 2. The minimum atomic E-state index is -0.901. The second kappa shape index (κ2) is 5.84. The van der Waals surface area contributed by atoms with Crippen LogP contribution in [-0.4, -0.2) is 34.3 Å². The van der Waals surface area contributed by atoms with E-state index in [0.717, 1.165) is 29.7 Å². The summed E-state index contributed by atoms with van der Waals surface area (Å²) >= 11 is 0. The molecule has 5 nitrogen and oxygen atoms in total. The molecule has 102 valence electrons. The molecular formula is C14H18N2O3. The van der Waals surface area contributed by atoms with Gasteiger partial charge in [-0.25, -0.2) is 9.78 Å². The molecule has 19 heavy (non-hydrogen) atoms. The number of aryl methyl sites for hydroxylation is 1. The Morgan fingerprint density at radius 3 is 2.84 bits per heavy atom. The Balaban J connectivity index is 2.59. The van der Waals surface area contributed by atoms with Crippen LogP contribution in [0.1, 0.15) is 25.2 Å². The Morgan fingerprint density at radius 2 is 2.21 bits per heavy atom. The molecule has 5 heteroatoms. The fourth-order valence-electron chi connectivity index (χ4n) is 2.26. The number of ether oxygens (including phenoxy) is 1. The highest BCUT2D eigenvalue weighted by Crippen LogP contribution is 2.22. The number of para-hydroxylation sites is 2. The van der Waals surface area contributed by atoms with Crippen molar-refractivity contribution in [2.75, 3.05) is 13.7 Å². The molecule has 1 N–H and O–H groups in total. The number of benzene rings is 1. The SMILES string of the molecule is CCCc1nc2ccccc2n1C(COC)C(=O)O. The predicted molar refractivity (Wildman–Crippen MR) is 72.3 cm³/mol. The third-order valence-electron chi connectivity index (χ3n) is 3.06. The van der Waals surface area contributed by atoms with Crippen LogP contribution in [0.5, 0.6) is 0 Å². The molecule has 0 spiro atoms. The van der Waals surface area contributed by atoms with Crippen LogP contribution < -0.4 is 0 Å². The number of fused-ring (bicyclic) bond motifs is 1. The van der Waals surface area contributed by atoms with Crippen molar-refractivity contribution in [1.82, 2.24) is 9.55 Å². The maximum Gasteiger partial charge on any atom is 0.329 e. The number of nitrogens with zero attached hydrogens (tertiary/aromatic N) is 2. The maximum atomic E-state index is 11.5. The number of hydrogen-bond donors (Lipinski definition) is 1. The highest BCUT2D eigenvalue weighted by Gasteiger charge is 2.24. The minimum absolute atomic E-state index is 0.131. The fourth-order valence-corrected chi connectivity index (χ4v) is 2.26. The Kier molecular flexibility index (Phi) is 4.16. The zero-order valence-corrected chi connectivity index (χ0v) is 11.2. The first-order valence-electron chi connectivity index (χ1n) is 6.36. The highest BCUT2D eigenvalue weighted by molar-refractivity contribution is 5.80. The first-order chi connectivity index (χ1) is 9.19. The molecule has 1 aromatic heterocycles. The van der Waals surface area contributed by atoms with Crippen LogP contribution in [0.2, 0.25) is 0 Å². The lowest BCUT2D eigenvalue weighted by Gasteiger charge is -2.17. The second-order valence-corrected chi connectivity index (χ2v) is 4.45. The van der Waals surface area contributed by atoms with Gasteiger partial charge in [0.25, 0.3) is 0 Å². The number of aliphatic carboxylic acids is 1. The molecule has 1 atom stereocenters. The lowest BCUT2D eigenvalue weighted by molar-refractivity contribution is -0.142.